The molecule has 3 rings (SSSR count). The number of hydrogen-bond acceptors (Lipinski definition) is 5. The third kappa shape index (κ3) is 3.40. The van der Waals surface area contributed by atoms with Gasteiger partial charge in [-0.25, -0.2) is 0 Å². The molecular formula is C15H23N7O. The van der Waals surface area contributed by atoms with Crippen LogP contribution in [0.2, 0.25) is 0 Å². The molecule has 2 heterocycles. The zero-order valence-corrected chi connectivity index (χ0v) is 14.0. The van der Waals surface area contributed by atoms with Gasteiger partial charge < -0.3 is 4.57 Å². The first-order valence-electron chi connectivity index (χ1n) is 7.88. The Morgan fingerprint density at radius 3 is 2.52 bits per heavy atom. The normalized spacial score (nSPS) is 21.0. The number of anilines is 1. The fourth-order valence-corrected chi connectivity index (χ4v) is 3.04. The van der Waals surface area contributed by atoms with Crippen LogP contribution in [-0.4, -0.2) is 35.4 Å². The molecule has 0 aromatic carbocycles. The standard InChI is InChI=1S/C15H23N7O/c1-15(2,3)13-19-14(20-21(13)4)18-12(23)7-10-5-11(6-10)22-8-16-17-9-22/h8-11H,5-7H2,1-4H3,(H,18,20,23). The Balaban J connectivity index is 1.51. The summed E-state index contributed by atoms with van der Waals surface area (Å²) in [5.41, 5.74) is -0.106. The maximum Gasteiger partial charge on any atom is 0.248 e. The third-order valence-electron chi connectivity index (χ3n) is 4.23. The summed E-state index contributed by atoms with van der Waals surface area (Å²) < 4.78 is 3.73. The summed E-state index contributed by atoms with van der Waals surface area (Å²) in [6.07, 6.45) is 5.92. The van der Waals surface area contributed by atoms with E-state index in [1.165, 1.54) is 0 Å². The Kier molecular flexibility index (Phi) is 3.91. The lowest BCUT2D eigenvalue weighted by molar-refractivity contribution is -0.118. The van der Waals surface area contributed by atoms with E-state index in [2.05, 4.69) is 46.4 Å². The van der Waals surface area contributed by atoms with Crippen molar-refractivity contribution in [3.63, 3.8) is 0 Å². The average molecular weight is 317 g/mol. The molecule has 0 unspecified atom stereocenters. The van der Waals surface area contributed by atoms with Crippen molar-refractivity contribution in [2.24, 2.45) is 13.0 Å². The summed E-state index contributed by atoms with van der Waals surface area (Å²) in [4.78, 5) is 16.6. The number of aryl methyl sites for hydroxylation is 1. The van der Waals surface area contributed by atoms with Gasteiger partial charge in [0.2, 0.25) is 11.9 Å². The van der Waals surface area contributed by atoms with Crippen LogP contribution in [0.25, 0.3) is 0 Å². The Labute approximate surface area is 135 Å². The molecule has 1 amide bonds. The number of carbonyl (C=O) groups excluding carboxylic acids is 1. The SMILES string of the molecule is Cn1nc(NC(=O)CC2CC(n3cnnc3)C2)nc1C(C)(C)C. The monoisotopic (exact) mass is 317 g/mol. The maximum absolute atomic E-state index is 12.1. The highest BCUT2D eigenvalue weighted by Crippen LogP contribution is 2.39. The molecule has 0 spiro atoms. The van der Waals surface area contributed by atoms with Gasteiger partial charge in [0.1, 0.15) is 18.5 Å². The van der Waals surface area contributed by atoms with E-state index < -0.39 is 0 Å². The van der Waals surface area contributed by atoms with Crippen molar-refractivity contribution < 1.29 is 4.79 Å². The Hall–Kier alpha value is -2.25. The van der Waals surface area contributed by atoms with Gasteiger partial charge in [-0.3, -0.25) is 14.8 Å². The predicted molar refractivity (Wildman–Crippen MR) is 84.7 cm³/mol. The molecule has 0 saturated heterocycles. The number of amides is 1. The molecule has 0 bridgehead atoms. The Bertz CT molecular complexity index is 677. The fraction of sp³-hybridized carbons (Fsp3) is 0.667. The molecule has 2 aromatic heterocycles. The molecule has 124 valence electrons. The predicted octanol–water partition coefficient (Wildman–Crippen LogP) is 1.68. The van der Waals surface area contributed by atoms with Gasteiger partial charge in [-0.15, -0.1) is 15.3 Å². The number of aromatic nitrogens is 6. The molecule has 1 fully saturated rings. The molecular weight excluding hydrogens is 294 g/mol. The summed E-state index contributed by atoms with van der Waals surface area (Å²) in [7, 11) is 1.85. The first kappa shape index (κ1) is 15.6. The molecule has 1 aliphatic rings. The van der Waals surface area contributed by atoms with Gasteiger partial charge in [0.05, 0.1) is 0 Å². The van der Waals surface area contributed by atoms with Gasteiger partial charge in [-0.1, -0.05) is 20.8 Å². The minimum atomic E-state index is -0.106. The highest BCUT2D eigenvalue weighted by atomic mass is 16.1. The quantitative estimate of drug-likeness (QED) is 0.926. The molecule has 1 saturated carbocycles. The molecule has 0 atom stereocenters. The lowest BCUT2D eigenvalue weighted by Crippen LogP contribution is -2.29. The van der Waals surface area contributed by atoms with E-state index in [0.29, 0.717) is 24.3 Å². The Morgan fingerprint density at radius 2 is 1.96 bits per heavy atom. The molecule has 1 N–H and O–H groups in total. The molecule has 2 aromatic rings. The van der Waals surface area contributed by atoms with E-state index in [-0.39, 0.29) is 11.3 Å². The van der Waals surface area contributed by atoms with Crippen LogP contribution >= 0.6 is 0 Å². The summed E-state index contributed by atoms with van der Waals surface area (Å²) in [6.45, 7) is 6.21. The van der Waals surface area contributed by atoms with Crippen molar-refractivity contribution in [3.05, 3.63) is 18.5 Å². The van der Waals surface area contributed by atoms with Crippen LogP contribution in [0.1, 0.15) is 51.9 Å². The van der Waals surface area contributed by atoms with Crippen molar-refractivity contribution in [2.45, 2.75) is 51.5 Å². The minimum absolute atomic E-state index is 0.0248. The second-order valence-corrected chi connectivity index (χ2v) is 7.29. The lowest BCUT2D eigenvalue weighted by atomic mass is 9.78. The summed E-state index contributed by atoms with van der Waals surface area (Å²) in [5.74, 6) is 1.61. The summed E-state index contributed by atoms with van der Waals surface area (Å²) in [6, 6.07) is 0.420. The van der Waals surface area contributed by atoms with Crippen LogP contribution in [-0.2, 0) is 17.3 Å². The van der Waals surface area contributed by atoms with E-state index in [9.17, 15) is 4.79 Å². The molecule has 23 heavy (non-hydrogen) atoms. The number of rotatable bonds is 4. The minimum Gasteiger partial charge on any atom is -0.317 e. The average Bonchev–Trinajstić information content (AvgIpc) is 3.02. The number of hydrogen-bond donors (Lipinski definition) is 1. The van der Waals surface area contributed by atoms with Crippen LogP contribution in [0.15, 0.2) is 12.7 Å². The van der Waals surface area contributed by atoms with Crippen molar-refractivity contribution in [1.82, 2.24) is 29.5 Å². The van der Waals surface area contributed by atoms with Crippen molar-refractivity contribution in [2.75, 3.05) is 5.32 Å². The van der Waals surface area contributed by atoms with Crippen LogP contribution in [0.5, 0.6) is 0 Å². The van der Waals surface area contributed by atoms with Gasteiger partial charge in [0.25, 0.3) is 0 Å². The van der Waals surface area contributed by atoms with E-state index in [1.54, 1.807) is 17.3 Å². The van der Waals surface area contributed by atoms with Crippen molar-refractivity contribution >= 4 is 11.9 Å². The maximum atomic E-state index is 12.1. The van der Waals surface area contributed by atoms with Gasteiger partial charge >= 0.3 is 0 Å². The molecule has 0 radical (unpaired) electrons. The van der Waals surface area contributed by atoms with E-state index in [1.807, 2.05) is 11.6 Å². The second-order valence-electron chi connectivity index (χ2n) is 7.29. The van der Waals surface area contributed by atoms with E-state index in [4.69, 9.17) is 0 Å². The second kappa shape index (κ2) is 5.75. The highest BCUT2D eigenvalue weighted by Gasteiger charge is 2.32. The zero-order valence-electron chi connectivity index (χ0n) is 14.0. The van der Waals surface area contributed by atoms with E-state index >= 15 is 0 Å². The first-order valence-corrected chi connectivity index (χ1v) is 7.88. The highest BCUT2D eigenvalue weighted by molar-refractivity contribution is 5.89. The number of nitrogens with one attached hydrogen (secondary N) is 1. The molecule has 1 aliphatic carbocycles. The summed E-state index contributed by atoms with van der Waals surface area (Å²) in [5, 5.41) is 14.7. The topological polar surface area (TPSA) is 90.5 Å². The van der Waals surface area contributed by atoms with Crippen molar-refractivity contribution in [3.8, 4) is 0 Å². The lowest BCUT2D eigenvalue weighted by Gasteiger charge is -2.35. The molecule has 0 aliphatic heterocycles. The first-order chi connectivity index (χ1) is 10.8. The van der Waals surface area contributed by atoms with Crippen LogP contribution in [0.3, 0.4) is 0 Å². The van der Waals surface area contributed by atoms with Crippen LogP contribution in [0.4, 0.5) is 5.95 Å². The number of nitrogens with zero attached hydrogens (tertiary/aromatic N) is 6. The van der Waals surface area contributed by atoms with E-state index in [0.717, 1.165) is 18.7 Å². The van der Waals surface area contributed by atoms with Gasteiger partial charge in [0.15, 0.2) is 0 Å². The van der Waals surface area contributed by atoms with Gasteiger partial charge in [-0.05, 0) is 18.8 Å². The number of carbonyl (C=O) groups is 1. The van der Waals surface area contributed by atoms with Crippen LogP contribution in [0, 0.1) is 5.92 Å². The fourth-order valence-electron chi connectivity index (χ4n) is 3.04. The van der Waals surface area contributed by atoms with Crippen LogP contribution < -0.4 is 5.32 Å². The Morgan fingerprint density at radius 1 is 1.30 bits per heavy atom. The van der Waals surface area contributed by atoms with Gasteiger partial charge in [0, 0.05) is 24.9 Å². The van der Waals surface area contributed by atoms with Crippen molar-refractivity contribution in [1.29, 1.82) is 0 Å². The molecule has 8 heteroatoms. The zero-order chi connectivity index (χ0) is 16.6. The molecule has 8 nitrogen and oxygen atoms in total. The summed E-state index contributed by atoms with van der Waals surface area (Å²) >= 11 is 0. The smallest absolute Gasteiger partial charge is 0.248 e. The van der Waals surface area contributed by atoms with Gasteiger partial charge in [-0.2, -0.15) is 4.98 Å². The third-order valence-corrected chi connectivity index (χ3v) is 4.23. The largest absolute Gasteiger partial charge is 0.317 e.